The van der Waals surface area contributed by atoms with E-state index < -0.39 is 0 Å². The summed E-state index contributed by atoms with van der Waals surface area (Å²) < 4.78 is 12.0. The molecule has 0 fully saturated rings. The lowest BCUT2D eigenvalue weighted by atomic mass is 10.1. The van der Waals surface area contributed by atoms with E-state index in [-0.39, 0.29) is 18.2 Å². The van der Waals surface area contributed by atoms with E-state index in [0.717, 1.165) is 28.6 Å². The van der Waals surface area contributed by atoms with Crippen molar-refractivity contribution in [3.63, 3.8) is 0 Å². The Hall–Kier alpha value is -2.83. The van der Waals surface area contributed by atoms with Crippen LogP contribution in [0.4, 0.5) is 0 Å². The Kier molecular flexibility index (Phi) is 7.13. The summed E-state index contributed by atoms with van der Waals surface area (Å²) in [5, 5.41) is 4.29. The average Bonchev–Trinajstić information content (AvgIpc) is 3.02. The summed E-state index contributed by atoms with van der Waals surface area (Å²) in [6.45, 7) is 2.98. The summed E-state index contributed by atoms with van der Waals surface area (Å²) in [4.78, 5) is 25.8. The van der Waals surface area contributed by atoms with Crippen LogP contribution >= 0.6 is 11.6 Å². The molecule has 1 aromatic heterocycles. The molecule has 0 atom stereocenters. The van der Waals surface area contributed by atoms with E-state index in [1.807, 2.05) is 25.1 Å². The highest BCUT2D eigenvalue weighted by atomic mass is 35.5. The number of hydrogen-bond acceptors (Lipinski definition) is 4. The lowest BCUT2D eigenvalue weighted by Gasteiger charge is -2.08. The minimum absolute atomic E-state index is 0.102. The van der Waals surface area contributed by atoms with Crippen molar-refractivity contribution >= 4 is 34.3 Å². The first kappa shape index (κ1) is 21.9. The molecular weight excluding hydrogens is 403 g/mol. The monoisotopic (exact) mass is 427 g/mol. The number of methoxy groups -OCH3 is 2. The van der Waals surface area contributed by atoms with Crippen LogP contribution in [0.15, 0.2) is 42.5 Å². The maximum absolute atomic E-state index is 13.3. The second kappa shape index (κ2) is 9.78. The fraction of sp³-hybridized carbons (Fsp3) is 0.304. The largest absolute Gasteiger partial charge is 0.497 e. The summed E-state index contributed by atoms with van der Waals surface area (Å²) in [7, 11) is 3.22. The van der Waals surface area contributed by atoms with Crippen molar-refractivity contribution in [2.24, 2.45) is 0 Å². The fourth-order valence-electron chi connectivity index (χ4n) is 3.46. The third-order valence-corrected chi connectivity index (χ3v) is 5.27. The highest BCUT2D eigenvalue weighted by Gasteiger charge is 2.22. The van der Waals surface area contributed by atoms with Crippen LogP contribution in [-0.4, -0.2) is 43.8 Å². The predicted octanol–water partition coefficient (Wildman–Crippen LogP) is 4.00. The Balaban J connectivity index is 1.99. The molecule has 30 heavy (non-hydrogen) atoms. The van der Waals surface area contributed by atoms with Gasteiger partial charge in [-0.2, -0.15) is 0 Å². The molecule has 3 rings (SSSR count). The Labute approximate surface area is 180 Å². The van der Waals surface area contributed by atoms with Crippen LogP contribution in [0.3, 0.4) is 0 Å². The number of carbonyl (C=O) groups excluding carboxylic acids is 2. The number of hydrogen-bond donors (Lipinski definition) is 1. The molecule has 0 saturated heterocycles. The molecule has 0 aliphatic rings. The molecule has 0 aliphatic heterocycles. The number of rotatable bonds is 8. The van der Waals surface area contributed by atoms with Crippen LogP contribution in [0.25, 0.3) is 10.9 Å². The van der Waals surface area contributed by atoms with E-state index in [9.17, 15) is 9.59 Å². The Morgan fingerprint density at radius 2 is 1.83 bits per heavy atom. The summed E-state index contributed by atoms with van der Waals surface area (Å²) in [5.74, 6) is 0.390. The Morgan fingerprint density at radius 3 is 2.50 bits per heavy atom. The van der Waals surface area contributed by atoms with Gasteiger partial charge in [0.2, 0.25) is 5.91 Å². The second-order valence-electron chi connectivity index (χ2n) is 6.97. The lowest BCUT2D eigenvalue weighted by molar-refractivity contribution is -0.120. The second-order valence-corrected chi connectivity index (χ2v) is 7.40. The molecule has 6 nitrogen and oxygen atoms in total. The molecule has 1 N–H and O–H groups in total. The number of carbonyl (C=O) groups is 2. The number of fused-ring (bicyclic) bond motifs is 1. The zero-order valence-corrected chi connectivity index (χ0v) is 18.1. The van der Waals surface area contributed by atoms with E-state index in [2.05, 4.69) is 5.32 Å². The first-order valence-electron chi connectivity index (χ1n) is 9.70. The van der Waals surface area contributed by atoms with Crippen LogP contribution in [0, 0.1) is 6.92 Å². The minimum atomic E-state index is -0.175. The molecule has 0 unspecified atom stereocenters. The molecule has 0 aliphatic carbocycles. The molecule has 7 heteroatoms. The maximum Gasteiger partial charge on any atom is 0.262 e. The first-order chi connectivity index (χ1) is 14.5. The predicted molar refractivity (Wildman–Crippen MR) is 118 cm³/mol. The quantitative estimate of drug-likeness (QED) is 0.552. The Bertz CT molecular complexity index is 1060. The van der Waals surface area contributed by atoms with Crippen molar-refractivity contribution in [3.05, 3.63) is 64.3 Å². The van der Waals surface area contributed by atoms with Crippen LogP contribution in [0.5, 0.6) is 5.75 Å². The zero-order chi connectivity index (χ0) is 21.7. The fourth-order valence-corrected chi connectivity index (χ4v) is 3.59. The van der Waals surface area contributed by atoms with E-state index in [4.69, 9.17) is 21.1 Å². The van der Waals surface area contributed by atoms with Crippen LogP contribution in [-0.2, 0) is 16.0 Å². The van der Waals surface area contributed by atoms with Gasteiger partial charge in [0, 0.05) is 41.9 Å². The number of nitrogens with one attached hydrogen (secondary N) is 1. The van der Waals surface area contributed by atoms with E-state index >= 15 is 0 Å². The summed E-state index contributed by atoms with van der Waals surface area (Å²) in [5.41, 5.74) is 2.78. The zero-order valence-electron chi connectivity index (χ0n) is 17.3. The molecule has 158 valence electrons. The summed E-state index contributed by atoms with van der Waals surface area (Å²) in [6.07, 6.45) is 0.912. The maximum atomic E-state index is 13.3. The van der Waals surface area contributed by atoms with E-state index in [1.165, 1.54) is 0 Å². The minimum Gasteiger partial charge on any atom is -0.497 e. The number of ether oxygens (including phenoxy) is 2. The molecule has 1 heterocycles. The normalized spacial score (nSPS) is 10.9. The van der Waals surface area contributed by atoms with Crippen LogP contribution in [0.1, 0.15) is 28.0 Å². The lowest BCUT2D eigenvalue weighted by Crippen LogP contribution is -2.27. The van der Waals surface area contributed by atoms with E-state index in [1.54, 1.807) is 43.1 Å². The molecule has 0 bridgehead atoms. The van der Waals surface area contributed by atoms with Gasteiger partial charge in [0.1, 0.15) is 5.75 Å². The highest BCUT2D eigenvalue weighted by molar-refractivity contribution is 6.30. The molecule has 0 spiro atoms. The van der Waals surface area contributed by atoms with Crippen molar-refractivity contribution in [1.82, 2.24) is 9.88 Å². The molecule has 2 aromatic carbocycles. The number of amides is 1. The molecular formula is C23H25ClN2O4. The van der Waals surface area contributed by atoms with Gasteiger partial charge in [0.05, 0.1) is 19.0 Å². The smallest absolute Gasteiger partial charge is 0.262 e. The van der Waals surface area contributed by atoms with Crippen molar-refractivity contribution in [2.75, 3.05) is 27.4 Å². The van der Waals surface area contributed by atoms with Gasteiger partial charge in [-0.15, -0.1) is 0 Å². The summed E-state index contributed by atoms with van der Waals surface area (Å²) >= 11 is 5.96. The SMILES string of the molecule is COCCCNC(=O)Cc1c(C)n(C(=O)c2ccc(Cl)cc2)c2ccc(O[11CH3])cc12. The van der Waals surface area contributed by atoms with Crippen molar-refractivity contribution < 1.29 is 19.1 Å². The van der Waals surface area contributed by atoms with Gasteiger partial charge in [-0.3, -0.25) is 14.2 Å². The average molecular weight is 428 g/mol. The van der Waals surface area contributed by atoms with Crippen molar-refractivity contribution in [3.8, 4) is 5.75 Å². The molecule has 1 amide bonds. The third-order valence-electron chi connectivity index (χ3n) is 5.02. The van der Waals surface area contributed by atoms with Crippen LogP contribution in [0.2, 0.25) is 5.02 Å². The summed E-state index contributed by atoms with van der Waals surface area (Å²) in [6, 6.07) is 12.3. The van der Waals surface area contributed by atoms with Gasteiger partial charge in [-0.25, -0.2) is 0 Å². The Morgan fingerprint density at radius 1 is 1.10 bits per heavy atom. The highest BCUT2D eigenvalue weighted by Crippen LogP contribution is 2.30. The number of benzene rings is 2. The molecule has 0 radical (unpaired) electrons. The van der Waals surface area contributed by atoms with Gasteiger partial charge in [0.15, 0.2) is 0 Å². The molecule has 0 saturated carbocycles. The standard InChI is InChI=1S/C23H25ClN2O4/c1-15-19(14-22(27)25-11-4-12-29-2)20-13-18(30-3)9-10-21(20)26(15)23(28)16-5-7-17(24)8-6-16/h5-10,13H,4,11-12,14H2,1-3H3,(H,25,27)/i3-1. The van der Waals surface area contributed by atoms with Crippen molar-refractivity contribution in [1.29, 1.82) is 0 Å². The third kappa shape index (κ3) is 4.66. The van der Waals surface area contributed by atoms with Crippen LogP contribution < -0.4 is 10.1 Å². The van der Waals surface area contributed by atoms with Gasteiger partial charge < -0.3 is 14.8 Å². The number of nitrogens with zero attached hydrogens (tertiary/aromatic N) is 1. The topological polar surface area (TPSA) is 69.6 Å². The van der Waals surface area contributed by atoms with Gasteiger partial charge in [0.25, 0.3) is 5.91 Å². The van der Waals surface area contributed by atoms with Gasteiger partial charge in [-0.05, 0) is 61.4 Å². The van der Waals surface area contributed by atoms with Gasteiger partial charge in [-0.1, -0.05) is 11.6 Å². The van der Waals surface area contributed by atoms with E-state index in [0.29, 0.717) is 29.5 Å². The van der Waals surface area contributed by atoms with Gasteiger partial charge >= 0.3 is 0 Å². The number of aromatic nitrogens is 1. The van der Waals surface area contributed by atoms with Crippen molar-refractivity contribution in [2.45, 2.75) is 19.8 Å². The number of halogens is 1. The first-order valence-corrected chi connectivity index (χ1v) is 10.1. The molecule has 3 aromatic rings.